The number of imide groups is 1. The first-order valence-electron chi connectivity index (χ1n) is 9.16. The lowest BCUT2D eigenvalue weighted by Crippen LogP contribution is -2.42. The van der Waals surface area contributed by atoms with E-state index in [4.69, 9.17) is 9.15 Å². The molecule has 30 heavy (non-hydrogen) atoms. The predicted molar refractivity (Wildman–Crippen MR) is 109 cm³/mol. The van der Waals surface area contributed by atoms with Gasteiger partial charge in [-0.2, -0.15) is 0 Å². The van der Waals surface area contributed by atoms with Crippen LogP contribution in [0.3, 0.4) is 0 Å². The molecule has 0 saturated heterocycles. The summed E-state index contributed by atoms with van der Waals surface area (Å²) in [4.78, 5) is 54.1. The van der Waals surface area contributed by atoms with Crippen LogP contribution in [0, 0.1) is 6.92 Å². The van der Waals surface area contributed by atoms with Crippen molar-refractivity contribution >= 4 is 40.3 Å². The first-order chi connectivity index (χ1) is 14.4. The lowest BCUT2D eigenvalue weighted by molar-refractivity contribution is -0.120. The molecule has 0 saturated carbocycles. The van der Waals surface area contributed by atoms with E-state index < -0.39 is 30.0 Å². The van der Waals surface area contributed by atoms with E-state index in [0.717, 1.165) is 15.8 Å². The van der Waals surface area contributed by atoms with Crippen molar-refractivity contribution in [3.05, 3.63) is 50.4 Å². The minimum Gasteiger partial charge on any atom is -0.462 e. The van der Waals surface area contributed by atoms with Crippen molar-refractivity contribution in [2.24, 2.45) is 0 Å². The molecule has 11 heteroatoms. The van der Waals surface area contributed by atoms with E-state index in [9.17, 15) is 19.2 Å². The van der Waals surface area contributed by atoms with Crippen LogP contribution < -0.4 is 16.2 Å². The number of nitrogens with zero attached hydrogens (tertiary/aromatic N) is 2. The normalized spacial score (nSPS) is 10.7. The van der Waals surface area contributed by atoms with Gasteiger partial charge in [0.05, 0.1) is 6.61 Å². The molecule has 0 aliphatic carbocycles. The highest BCUT2D eigenvalue weighted by Gasteiger charge is 2.24. The number of hydrogen-bond donors (Lipinski definition) is 2. The molecule has 3 aromatic heterocycles. The van der Waals surface area contributed by atoms with Crippen molar-refractivity contribution in [2.45, 2.75) is 26.8 Å². The van der Waals surface area contributed by atoms with Crippen molar-refractivity contribution in [3.63, 3.8) is 0 Å². The predicted octanol–water partition coefficient (Wildman–Crippen LogP) is 1.60. The number of aromatic nitrogens is 2. The van der Waals surface area contributed by atoms with Crippen molar-refractivity contribution < 1.29 is 23.5 Å². The van der Waals surface area contributed by atoms with Gasteiger partial charge in [-0.1, -0.05) is 6.07 Å². The average molecular weight is 432 g/mol. The summed E-state index contributed by atoms with van der Waals surface area (Å²) in [6.45, 7) is 3.20. The number of carbonyl (C=O) groups excluding carboxylic acids is 3. The van der Waals surface area contributed by atoms with Crippen LogP contribution in [-0.2, 0) is 22.5 Å². The minimum absolute atomic E-state index is 0.0228. The van der Waals surface area contributed by atoms with Gasteiger partial charge in [-0.15, -0.1) is 11.3 Å². The number of hydrogen-bond acceptors (Lipinski definition) is 8. The quantitative estimate of drug-likeness (QED) is 0.542. The summed E-state index contributed by atoms with van der Waals surface area (Å²) in [5.74, 6) is -1.22. The van der Waals surface area contributed by atoms with Crippen LogP contribution >= 0.6 is 11.3 Å². The number of ether oxygens (including phenoxy) is 1. The summed E-state index contributed by atoms with van der Waals surface area (Å²) in [5.41, 5.74) is -0.692. The number of thiophene rings is 1. The van der Waals surface area contributed by atoms with Gasteiger partial charge >= 0.3 is 12.0 Å². The zero-order chi connectivity index (χ0) is 21.7. The van der Waals surface area contributed by atoms with Gasteiger partial charge in [-0.3, -0.25) is 19.5 Å². The fourth-order valence-electron chi connectivity index (χ4n) is 2.82. The van der Waals surface area contributed by atoms with Crippen LogP contribution in [0.1, 0.15) is 27.9 Å². The Labute approximate surface area is 174 Å². The maximum absolute atomic E-state index is 12.8. The Morgan fingerprint density at radius 2 is 2.13 bits per heavy atom. The number of amides is 3. The number of nitrogens with one attached hydrogen (secondary N) is 2. The molecule has 0 unspecified atom stereocenters. The summed E-state index contributed by atoms with van der Waals surface area (Å²) in [5, 5.41) is 6.61. The maximum atomic E-state index is 12.8. The van der Waals surface area contributed by atoms with Gasteiger partial charge in [-0.05, 0) is 31.7 Å². The van der Waals surface area contributed by atoms with E-state index in [1.54, 1.807) is 18.3 Å². The molecule has 3 rings (SSSR count). The second kappa shape index (κ2) is 9.35. The summed E-state index contributed by atoms with van der Waals surface area (Å²) < 4.78 is 11.3. The molecule has 0 fully saturated rings. The zero-order valence-corrected chi connectivity index (χ0v) is 17.2. The van der Waals surface area contributed by atoms with E-state index in [0.29, 0.717) is 13.0 Å². The number of fused-ring (bicyclic) bond motifs is 1. The zero-order valence-electron chi connectivity index (χ0n) is 16.4. The average Bonchev–Trinajstić information content (AvgIpc) is 3.31. The molecule has 158 valence electrons. The number of urea groups is 1. The molecule has 0 radical (unpaired) electrons. The molecular formula is C19H20N4O6S. The van der Waals surface area contributed by atoms with Gasteiger partial charge in [0, 0.05) is 11.4 Å². The SMILES string of the molecule is CCOC(=O)c1c(C)oc2ncn(CC(=O)NC(=O)NCCc3cccs3)c(=O)c12. The number of carbonyl (C=O) groups is 3. The Kier molecular flexibility index (Phi) is 6.62. The Morgan fingerprint density at radius 3 is 2.83 bits per heavy atom. The van der Waals surface area contributed by atoms with Crippen LogP contribution in [0.25, 0.3) is 11.1 Å². The van der Waals surface area contributed by atoms with Gasteiger partial charge in [0.15, 0.2) is 0 Å². The van der Waals surface area contributed by atoms with Crippen molar-refractivity contribution in [2.75, 3.05) is 13.2 Å². The molecule has 0 spiro atoms. The van der Waals surface area contributed by atoms with Gasteiger partial charge in [0.25, 0.3) is 5.56 Å². The Hall–Kier alpha value is -3.47. The largest absolute Gasteiger partial charge is 0.462 e. The van der Waals surface area contributed by atoms with Crippen LogP contribution in [0.5, 0.6) is 0 Å². The molecule has 10 nitrogen and oxygen atoms in total. The third-order valence-electron chi connectivity index (χ3n) is 4.14. The standard InChI is InChI=1S/C19H20N4O6S/c1-3-28-18(26)14-11(2)29-16-15(14)17(25)23(10-21-16)9-13(24)22-19(27)20-7-6-12-5-4-8-30-12/h4-5,8,10H,3,6-7,9H2,1-2H3,(H2,20,22,24,27). The molecular weight excluding hydrogens is 412 g/mol. The monoisotopic (exact) mass is 432 g/mol. The van der Waals surface area contributed by atoms with Crippen LogP contribution in [0.2, 0.25) is 0 Å². The van der Waals surface area contributed by atoms with Crippen molar-refractivity contribution in [1.29, 1.82) is 0 Å². The molecule has 3 heterocycles. The van der Waals surface area contributed by atoms with Crippen LogP contribution in [0.4, 0.5) is 4.79 Å². The van der Waals surface area contributed by atoms with Gasteiger partial charge in [0.1, 0.15) is 29.6 Å². The number of aryl methyl sites for hydroxylation is 1. The topological polar surface area (TPSA) is 133 Å². The lowest BCUT2D eigenvalue weighted by Gasteiger charge is -2.08. The second-order valence-corrected chi connectivity index (χ2v) is 7.28. The number of rotatable bonds is 7. The molecule has 3 amide bonds. The molecule has 0 atom stereocenters. The lowest BCUT2D eigenvalue weighted by atomic mass is 10.2. The van der Waals surface area contributed by atoms with Gasteiger partial charge < -0.3 is 14.5 Å². The number of furan rings is 1. The highest BCUT2D eigenvalue weighted by molar-refractivity contribution is 7.09. The van der Waals surface area contributed by atoms with Crippen molar-refractivity contribution in [3.8, 4) is 0 Å². The first-order valence-corrected chi connectivity index (χ1v) is 10.0. The smallest absolute Gasteiger partial charge is 0.342 e. The van der Waals surface area contributed by atoms with E-state index in [1.807, 2.05) is 17.5 Å². The highest BCUT2D eigenvalue weighted by atomic mass is 32.1. The molecule has 3 aromatic rings. The van der Waals surface area contributed by atoms with E-state index in [2.05, 4.69) is 15.6 Å². The Morgan fingerprint density at radius 1 is 1.33 bits per heavy atom. The van der Waals surface area contributed by atoms with Gasteiger partial charge in [0.2, 0.25) is 11.6 Å². The fourth-order valence-corrected chi connectivity index (χ4v) is 3.53. The summed E-state index contributed by atoms with van der Waals surface area (Å²) in [7, 11) is 0. The fraction of sp³-hybridized carbons (Fsp3) is 0.316. The summed E-state index contributed by atoms with van der Waals surface area (Å²) in [6.07, 6.45) is 1.77. The second-order valence-electron chi connectivity index (χ2n) is 6.24. The molecule has 0 bridgehead atoms. The summed E-state index contributed by atoms with van der Waals surface area (Å²) in [6, 6.07) is 3.21. The third-order valence-corrected chi connectivity index (χ3v) is 5.07. The van der Waals surface area contributed by atoms with Crippen LogP contribution in [0.15, 0.2) is 33.1 Å². The van der Waals surface area contributed by atoms with E-state index >= 15 is 0 Å². The maximum Gasteiger partial charge on any atom is 0.342 e. The van der Waals surface area contributed by atoms with E-state index in [-0.39, 0.29) is 29.0 Å². The minimum atomic E-state index is -0.708. The molecule has 0 aliphatic heterocycles. The molecule has 2 N–H and O–H groups in total. The van der Waals surface area contributed by atoms with Crippen LogP contribution in [-0.4, -0.2) is 40.6 Å². The molecule has 0 aliphatic rings. The summed E-state index contributed by atoms with van der Waals surface area (Å²) >= 11 is 1.58. The third kappa shape index (κ3) is 4.74. The van der Waals surface area contributed by atoms with Gasteiger partial charge in [-0.25, -0.2) is 14.6 Å². The number of esters is 1. The Balaban J connectivity index is 1.67. The van der Waals surface area contributed by atoms with Crippen molar-refractivity contribution in [1.82, 2.24) is 20.2 Å². The Bertz CT molecular complexity index is 1130. The van der Waals surface area contributed by atoms with E-state index in [1.165, 1.54) is 6.92 Å². The first kappa shape index (κ1) is 21.2. The highest BCUT2D eigenvalue weighted by Crippen LogP contribution is 2.21. The molecule has 0 aromatic carbocycles.